The van der Waals surface area contributed by atoms with Crippen molar-refractivity contribution >= 4 is 10.9 Å². The number of pyridine rings is 1. The molecule has 2 unspecified atom stereocenters. The number of benzene rings is 1. The molecule has 0 saturated heterocycles. The van der Waals surface area contributed by atoms with E-state index in [4.69, 9.17) is 0 Å². The van der Waals surface area contributed by atoms with Crippen LogP contribution in [0.3, 0.4) is 0 Å². The van der Waals surface area contributed by atoms with Crippen molar-refractivity contribution in [1.82, 2.24) is 4.98 Å². The van der Waals surface area contributed by atoms with E-state index in [-0.39, 0.29) is 11.3 Å². The Labute approximate surface area is 114 Å². The highest BCUT2D eigenvalue weighted by Gasteiger charge is 2.48. The third-order valence-corrected chi connectivity index (χ3v) is 4.53. The molecule has 1 aromatic heterocycles. The van der Waals surface area contributed by atoms with Gasteiger partial charge in [0, 0.05) is 11.6 Å². The first-order chi connectivity index (χ1) is 8.91. The molecule has 1 aromatic carbocycles. The lowest BCUT2D eigenvalue weighted by Gasteiger charge is -2.29. The van der Waals surface area contributed by atoms with Crippen molar-refractivity contribution < 1.29 is 5.11 Å². The summed E-state index contributed by atoms with van der Waals surface area (Å²) in [6.07, 6.45) is 3.68. The molecule has 1 aliphatic rings. The van der Waals surface area contributed by atoms with Gasteiger partial charge >= 0.3 is 0 Å². The van der Waals surface area contributed by atoms with Crippen molar-refractivity contribution in [2.24, 2.45) is 11.3 Å². The predicted molar refractivity (Wildman–Crippen MR) is 77.8 cm³/mol. The molecule has 1 N–H and O–H groups in total. The van der Waals surface area contributed by atoms with Crippen LogP contribution >= 0.6 is 0 Å². The van der Waals surface area contributed by atoms with Crippen LogP contribution in [0.4, 0.5) is 0 Å². The lowest BCUT2D eigenvalue weighted by molar-refractivity contribution is -0.000733. The Bertz CT molecular complexity index is 619. The number of hydrogen-bond donors (Lipinski definition) is 1. The molecule has 2 nitrogen and oxygen atoms in total. The molecule has 19 heavy (non-hydrogen) atoms. The minimum absolute atomic E-state index is 0.202. The monoisotopic (exact) mass is 255 g/mol. The van der Waals surface area contributed by atoms with Gasteiger partial charge < -0.3 is 5.11 Å². The van der Waals surface area contributed by atoms with Crippen LogP contribution in [0.5, 0.6) is 0 Å². The molecule has 0 amide bonds. The zero-order chi connectivity index (χ0) is 13.7. The third-order valence-electron chi connectivity index (χ3n) is 4.53. The lowest BCUT2D eigenvalue weighted by atomic mass is 9.83. The Morgan fingerprint density at radius 3 is 2.74 bits per heavy atom. The van der Waals surface area contributed by atoms with Crippen LogP contribution in [-0.4, -0.2) is 10.1 Å². The summed E-state index contributed by atoms with van der Waals surface area (Å²) in [6.45, 7) is 6.62. The zero-order valence-electron chi connectivity index (χ0n) is 11.9. The molecule has 0 radical (unpaired) electrons. The Balaban J connectivity index is 2.09. The van der Waals surface area contributed by atoms with E-state index in [1.54, 1.807) is 6.20 Å². The van der Waals surface area contributed by atoms with Crippen LogP contribution in [0, 0.1) is 11.3 Å². The second-order valence-electron chi connectivity index (χ2n) is 6.78. The van der Waals surface area contributed by atoms with Gasteiger partial charge in [0.2, 0.25) is 0 Å². The van der Waals surface area contributed by atoms with Crippen molar-refractivity contribution in [3.05, 3.63) is 42.1 Å². The highest BCUT2D eigenvalue weighted by Crippen LogP contribution is 2.52. The van der Waals surface area contributed by atoms with Crippen molar-refractivity contribution in [1.29, 1.82) is 0 Å². The number of nitrogens with zero attached hydrogens (tertiary/aromatic N) is 1. The molecule has 1 aliphatic carbocycles. The molecule has 2 aromatic rings. The van der Waals surface area contributed by atoms with E-state index >= 15 is 0 Å². The van der Waals surface area contributed by atoms with Crippen molar-refractivity contribution in [3.63, 3.8) is 0 Å². The summed E-state index contributed by atoms with van der Waals surface area (Å²) in [6, 6.07) is 10.2. The van der Waals surface area contributed by atoms with E-state index < -0.39 is 5.60 Å². The topological polar surface area (TPSA) is 33.1 Å². The number of hydrogen-bond acceptors (Lipinski definition) is 2. The quantitative estimate of drug-likeness (QED) is 0.839. The summed E-state index contributed by atoms with van der Waals surface area (Å²) in [5.41, 5.74) is 1.46. The van der Waals surface area contributed by atoms with E-state index in [0.29, 0.717) is 0 Å². The second kappa shape index (κ2) is 4.04. The van der Waals surface area contributed by atoms with Gasteiger partial charge in [0.15, 0.2) is 0 Å². The Morgan fingerprint density at radius 2 is 2.05 bits per heavy atom. The van der Waals surface area contributed by atoms with E-state index in [1.807, 2.05) is 12.1 Å². The fourth-order valence-corrected chi connectivity index (χ4v) is 3.70. The Kier molecular flexibility index (Phi) is 2.68. The van der Waals surface area contributed by atoms with E-state index in [2.05, 4.69) is 44.0 Å². The fraction of sp³-hybridized carbons (Fsp3) is 0.471. The Hall–Kier alpha value is -1.41. The van der Waals surface area contributed by atoms with Crippen molar-refractivity contribution in [3.8, 4) is 0 Å². The summed E-state index contributed by atoms with van der Waals surface area (Å²) in [5.74, 6) is 0.281. The minimum atomic E-state index is -0.713. The predicted octanol–water partition coefficient (Wildman–Crippen LogP) is 3.88. The Morgan fingerprint density at radius 1 is 1.26 bits per heavy atom. The molecule has 100 valence electrons. The highest BCUT2D eigenvalue weighted by atomic mass is 16.3. The molecule has 1 fully saturated rings. The van der Waals surface area contributed by atoms with E-state index in [0.717, 1.165) is 29.3 Å². The lowest BCUT2D eigenvalue weighted by Crippen LogP contribution is -2.29. The van der Waals surface area contributed by atoms with Crippen LogP contribution in [0.2, 0.25) is 0 Å². The average molecular weight is 255 g/mol. The maximum Gasteiger partial charge on any atom is 0.0927 e. The molecule has 2 atom stereocenters. The first kappa shape index (κ1) is 12.6. The summed E-state index contributed by atoms with van der Waals surface area (Å²) >= 11 is 0. The van der Waals surface area contributed by atoms with Gasteiger partial charge in [-0.25, -0.2) is 0 Å². The summed E-state index contributed by atoms with van der Waals surface area (Å²) in [4.78, 5) is 4.39. The van der Waals surface area contributed by atoms with Gasteiger partial charge in [-0.15, -0.1) is 0 Å². The number of rotatable bonds is 1. The molecule has 0 aliphatic heterocycles. The first-order valence-electron chi connectivity index (χ1n) is 6.98. The van der Waals surface area contributed by atoms with E-state index in [1.165, 1.54) is 0 Å². The zero-order valence-corrected chi connectivity index (χ0v) is 11.9. The molecular weight excluding hydrogens is 234 g/mol. The summed E-state index contributed by atoms with van der Waals surface area (Å²) in [5, 5.41) is 12.2. The van der Waals surface area contributed by atoms with Crippen molar-refractivity contribution in [2.75, 3.05) is 0 Å². The maximum atomic E-state index is 11.1. The van der Waals surface area contributed by atoms with Crippen LogP contribution in [0.1, 0.15) is 39.2 Å². The van der Waals surface area contributed by atoms with Gasteiger partial charge in [-0.2, -0.15) is 0 Å². The molecule has 2 heteroatoms. The largest absolute Gasteiger partial charge is 0.385 e. The molecule has 3 rings (SSSR count). The summed E-state index contributed by atoms with van der Waals surface area (Å²) < 4.78 is 0. The number of fused-ring (bicyclic) bond motifs is 1. The second-order valence-corrected chi connectivity index (χ2v) is 6.78. The first-order valence-corrected chi connectivity index (χ1v) is 6.98. The highest BCUT2D eigenvalue weighted by molar-refractivity contribution is 5.79. The summed E-state index contributed by atoms with van der Waals surface area (Å²) in [7, 11) is 0. The smallest absolute Gasteiger partial charge is 0.0927 e. The minimum Gasteiger partial charge on any atom is -0.385 e. The van der Waals surface area contributed by atoms with Gasteiger partial charge in [0.1, 0.15) is 0 Å². The number of aromatic nitrogens is 1. The average Bonchev–Trinajstić information content (AvgIpc) is 2.58. The molecule has 0 spiro atoms. The van der Waals surface area contributed by atoms with Crippen LogP contribution in [0.25, 0.3) is 10.9 Å². The molecule has 1 saturated carbocycles. The standard InChI is InChI=1S/C17H21NO/c1-12-10-16(2,3)11-17(12,19)14-7-6-13-5-4-8-18-15(13)9-14/h4-9,12,19H,10-11H2,1-3H3. The van der Waals surface area contributed by atoms with E-state index in [9.17, 15) is 5.11 Å². The normalized spacial score (nSPS) is 29.8. The van der Waals surface area contributed by atoms with Gasteiger partial charge in [-0.1, -0.05) is 39.0 Å². The van der Waals surface area contributed by atoms with Crippen LogP contribution in [0.15, 0.2) is 36.5 Å². The SMILES string of the molecule is CC1CC(C)(C)CC1(O)c1ccc2cccnc2c1. The van der Waals surface area contributed by atoms with Crippen LogP contribution in [-0.2, 0) is 5.60 Å². The molecular formula is C17H21NO. The van der Waals surface area contributed by atoms with Gasteiger partial charge in [0.25, 0.3) is 0 Å². The van der Waals surface area contributed by atoms with Crippen molar-refractivity contribution in [2.45, 2.75) is 39.2 Å². The van der Waals surface area contributed by atoms with Gasteiger partial charge in [0.05, 0.1) is 11.1 Å². The number of aliphatic hydroxyl groups is 1. The molecule has 0 bridgehead atoms. The third kappa shape index (κ3) is 2.04. The fourth-order valence-electron chi connectivity index (χ4n) is 3.70. The maximum absolute atomic E-state index is 11.1. The van der Waals surface area contributed by atoms with Crippen LogP contribution < -0.4 is 0 Å². The van der Waals surface area contributed by atoms with Gasteiger partial charge in [-0.05, 0) is 41.9 Å². The van der Waals surface area contributed by atoms with Gasteiger partial charge in [-0.3, -0.25) is 4.98 Å². The molecule has 1 heterocycles.